The number of hydrogen-bond donors (Lipinski definition) is 0. The van der Waals surface area contributed by atoms with E-state index in [1.807, 2.05) is 0 Å². The molecule has 0 amide bonds. The van der Waals surface area contributed by atoms with Crippen molar-refractivity contribution >= 4 is 45.2 Å². The van der Waals surface area contributed by atoms with E-state index in [1.54, 1.807) is 12.8 Å². The molecular weight excluding hydrogens is 350 g/mol. The first-order valence-electron chi connectivity index (χ1n) is 4.06. The molecule has 4 aliphatic carbocycles. The van der Waals surface area contributed by atoms with Crippen LogP contribution in [0.5, 0.6) is 0 Å². The summed E-state index contributed by atoms with van der Waals surface area (Å²) >= 11 is 5.48. The number of halogens is 2. The molecule has 0 N–H and O–H groups in total. The van der Waals surface area contributed by atoms with Gasteiger partial charge in [0.1, 0.15) is 0 Å². The van der Waals surface area contributed by atoms with Crippen LogP contribution in [0.15, 0.2) is 0 Å². The molecule has 4 fully saturated rings. The number of alkyl halides is 2. The van der Waals surface area contributed by atoms with Crippen molar-refractivity contribution in [3.05, 3.63) is 0 Å². The highest BCUT2D eigenvalue weighted by molar-refractivity contribution is 14.1. The molecule has 0 nitrogen and oxygen atoms in total. The second kappa shape index (κ2) is 1.24. The van der Waals surface area contributed by atoms with E-state index in [0.717, 1.165) is 6.84 Å². The molecule has 4 rings (SSSR count). The fraction of sp³-hybridized carbons (Fsp3) is 1.00. The summed E-state index contributed by atoms with van der Waals surface area (Å²) in [6.07, 6.45) is 3.15. The van der Waals surface area contributed by atoms with Crippen molar-refractivity contribution in [2.24, 2.45) is 23.7 Å². The highest BCUT2D eigenvalue weighted by Gasteiger charge is 2.91. The van der Waals surface area contributed by atoms with E-state index in [1.165, 1.54) is 23.7 Å². The minimum Gasteiger partial charge on any atom is -0.0782 e. The molecule has 0 aromatic heterocycles. The third-order valence-corrected chi connectivity index (χ3v) is 8.26. The van der Waals surface area contributed by atoms with Crippen LogP contribution in [0.3, 0.4) is 0 Å². The summed E-state index contributed by atoms with van der Waals surface area (Å²) < 4.78 is 1.72. The molecule has 0 aliphatic heterocycles. The first-order chi connectivity index (χ1) is 4.68. The average molecular weight is 358 g/mol. The van der Waals surface area contributed by atoms with Crippen molar-refractivity contribution in [2.45, 2.75) is 19.7 Å². The Morgan fingerprint density at radius 3 is 1.70 bits per heavy atom. The Hall–Kier alpha value is 1.46. The zero-order chi connectivity index (χ0) is 6.72. The molecule has 2 heteroatoms. The zero-order valence-electron chi connectivity index (χ0n) is 5.48. The van der Waals surface area contributed by atoms with Gasteiger partial charge in [0.2, 0.25) is 0 Å². The van der Waals surface area contributed by atoms with E-state index in [-0.39, 0.29) is 0 Å². The van der Waals surface area contributed by atoms with Gasteiger partial charge in [0.15, 0.2) is 0 Å². The van der Waals surface area contributed by atoms with Gasteiger partial charge in [-0.25, -0.2) is 0 Å². The molecule has 0 spiro atoms. The topological polar surface area (TPSA) is 0 Å². The monoisotopic (exact) mass is 358 g/mol. The summed E-state index contributed by atoms with van der Waals surface area (Å²) in [6, 6.07) is 0. The Morgan fingerprint density at radius 2 is 1.30 bits per heavy atom. The van der Waals surface area contributed by atoms with Crippen molar-refractivity contribution in [3.8, 4) is 0 Å². The quantitative estimate of drug-likeness (QED) is 0.462. The Kier molecular flexibility index (Phi) is 0.744. The third kappa shape index (κ3) is 0.358. The van der Waals surface area contributed by atoms with Crippen LogP contribution in [0, 0.1) is 23.7 Å². The fourth-order valence-electron chi connectivity index (χ4n) is 3.70. The molecule has 10 heavy (non-hydrogen) atoms. The molecule has 0 bridgehead atoms. The molecule has 4 aliphatic rings. The maximum atomic E-state index is 2.74. The van der Waals surface area contributed by atoms with Gasteiger partial charge in [-0.15, -0.1) is 0 Å². The highest BCUT2D eigenvalue weighted by Crippen LogP contribution is 2.92. The van der Waals surface area contributed by atoms with E-state index in [4.69, 9.17) is 0 Å². The van der Waals surface area contributed by atoms with Gasteiger partial charge in [0.25, 0.3) is 0 Å². The lowest BCUT2D eigenvalue weighted by molar-refractivity contribution is 0.0734. The maximum absolute atomic E-state index is 2.74. The smallest absolute Gasteiger partial charge is 0.0292 e. The lowest BCUT2D eigenvalue weighted by Crippen LogP contribution is -2.56. The maximum Gasteiger partial charge on any atom is 0.0292 e. The highest BCUT2D eigenvalue weighted by atomic mass is 127. The average Bonchev–Trinajstić information content (AvgIpc) is 2.57. The summed E-state index contributed by atoms with van der Waals surface area (Å²) in [5.41, 5.74) is 0. The summed E-state index contributed by atoms with van der Waals surface area (Å²) in [6.45, 7) is 0. The van der Waals surface area contributed by atoms with E-state index in [2.05, 4.69) is 45.2 Å². The first-order valence-corrected chi connectivity index (χ1v) is 6.21. The predicted octanol–water partition coefficient (Wildman–Crippen LogP) is 2.63. The standard InChI is InChI=1S/C8H8I2/c9-7-1-3(7)5-6(7)4-2-8(4,5)10/h3-6H,1-2H2. The molecular formula is C8H8I2. The second-order valence-corrected chi connectivity index (χ2v) is 8.54. The van der Waals surface area contributed by atoms with Gasteiger partial charge in [-0.05, 0) is 36.5 Å². The van der Waals surface area contributed by atoms with Crippen LogP contribution in [-0.4, -0.2) is 6.84 Å². The first kappa shape index (κ1) is 6.00. The summed E-state index contributed by atoms with van der Waals surface area (Å²) in [4.78, 5) is 0. The summed E-state index contributed by atoms with van der Waals surface area (Å²) in [7, 11) is 0. The fourth-order valence-corrected chi connectivity index (χ4v) is 7.07. The molecule has 4 saturated carbocycles. The minimum atomic E-state index is 0.859. The predicted molar refractivity (Wildman–Crippen MR) is 56.7 cm³/mol. The van der Waals surface area contributed by atoms with Gasteiger partial charge >= 0.3 is 0 Å². The van der Waals surface area contributed by atoms with Crippen LogP contribution < -0.4 is 0 Å². The number of fused-ring (bicyclic) bond motifs is 7. The Labute approximate surface area is 87.8 Å². The van der Waals surface area contributed by atoms with Gasteiger partial charge in [0.05, 0.1) is 0 Å². The van der Waals surface area contributed by atoms with Crippen LogP contribution >= 0.6 is 45.2 Å². The van der Waals surface area contributed by atoms with Gasteiger partial charge in [-0.2, -0.15) is 0 Å². The second-order valence-electron chi connectivity index (χ2n) is 4.53. The van der Waals surface area contributed by atoms with Crippen molar-refractivity contribution < 1.29 is 0 Å². The molecule has 0 heterocycles. The lowest BCUT2D eigenvalue weighted by Gasteiger charge is -2.53. The van der Waals surface area contributed by atoms with E-state index >= 15 is 0 Å². The Morgan fingerprint density at radius 1 is 0.900 bits per heavy atom. The van der Waals surface area contributed by atoms with Crippen molar-refractivity contribution in [3.63, 3.8) is 0 Å². The van der Waals surface area contributed by atoms with Gasteiger partial charge in [0, 0.05) is 6.84 Å². The van der Waals surface area contributed by atoms with E-state index in [9.17, 15) is 0 Å². The normalized spacial score (nSPS) is 87.0. The molecule has 0 aromatic rings. The van der Waals surface area contributed by atoms with Crippen molar-refractivity contribution in [1.29, 1.82) is 0 Å². The van der Waals surface area contributed by atoms with Crippen molar-refractivity contribution in [1.82, 2.24) is 0 Å². The molecule has 6 atom stereocenters. The summed E-state index contributed by atoms with van der Waals surface area (Å²) in [5.74, 6) is 4.73. The minimum absolute atomic E-state index is 0.859. The molecule has 0 radical (unpaired) electrons. The third-order valence-electron chi connectivity index (χ3n) is 4.34. The van der Waals surface area contributed by atoms with Gasteiger partial charge in [-0.1, -0.05) is 45.2 Å². The Balaban J connectivity index is 1.83. The van der Waals surface area contributed by atoms with Crippen molar-refractivity contribution in [2.75, 3.05) is 0 Å². The van der Waals surface area contributed by atoms with E-state index < -0.39 is 0 Å². The largest absolute Gasteiger partial charge is 0.0782 e. The van der Waals surface area contributed by atoms with Gasteiger partial charge < -0.3 is 0 Å². The number of hydrogen-bond acceptors (Lipinski definition) is 0. The van der Waals surface area contributed by atoms with Crippen LogP contribution in [0.25, 0.3) is 0 Å². The van der Waals surface area contributed by atoms with Crippen LogP contribution in [0.1, 0.15) is 12.8 Å². The molecule has 0 aromatic carbocycles. The Bertz CT molecular complexity index is 226. The molecule has 54 valence electrons. The van der Waals surface area contributed by atoms with E-state index in [0.29, 0.717) is 0 Å². The van der Waals surface area contributed by atoms with Crippen LogP contribution in [0.4, 0.5) is 0 Å². The van der Waals surface area contributed by atoms with Crippen LogP contribution in [-0.2, 0) is 0 Å². The lowest BCUT2D eigenvalue weighted by atomic mass is 9.60. The van der Waals surface area contributed by atoms with Crippen LogP contribution in [0.2, 0.25) is 0 Å². The summed E-state index contributed by atoms with van der Waals surface area (Å²) in [5, 5.41) is 0. The van der Waals surface area contributed by atoms with Gasteiger partial charge in [-0.3, -0.25) is 0 Å². The molecule has 0 saturated heterocycles. The molecule has 6 unspecified atom stereocenters. The zero-order valence-corrected chi connectivity index (χ0v) is 9.79. The SMILES string of the molecule is IC12CC1C1C2C2CC21I. The number of rotatable bonds is 0.